The Balaban J connectivity index is 2.77. The normalized spacial score (nSPS) is 11.4. The van der Waals surface area contributed by atoms with Crippen LogP contribution in [0.1, 0.15) is 37.0 Å². The molecule has 1 aromatic carbocycles. The van der Waals surface area contributed by atoms with Gasteiger partial charge in [-0.1, -0.05) is 25.4 Å². The number of benzene rings is 1. The number of hydrogen-bond acceptors (Lipinski definition) is 2. The number of carbonyl (C=O) groups excluding carboxylic acids is 1. The third-order valence-electron chi connectivity index (χ3n) is 3.47. The first-order valence-corrected chi connectivity index (χ1v) is 7.86. The Kier molecular flexibility index (Phi) is 6.14. The highest BCUT2D eigenvalue weighted by Crippen LogP contribution is 2.29. The van der Waals surface area contributed by atoms with Gasteiger partial charge in [0.15, 0.2) is 0 Å². The van der Waals surface area contributed by atoms with Gasteiger partial charge >= 0.3 is 0 Å². The number of hydrogen-bond donors (Lipinski definition) is 1. The van der Waals surface area contributed by atoms with Gasteiger partial charge in [-0.05, 0) is 37.3 Å². The average Bonchev–Trinajstić information content (AvgIpc) is 2.43. The second kappa shape index (κ2) is 7.15. The molecular formula is C14H19ClFNOS. The Morgan fingerprint density at radius 3 is 2.58 bits per heavy atom. The zero-order valence-corrected chi connectivity index (χ0v) is 13.0. The number of nitrogens with one attached hydrogen (secondary N) is 1. The molecule has 0 bridgehead atoms. The first-order valence-electron chi connectivity index (χ1n) is 6.26. The van der Waals surface area contributed by atoms with Gasteiger partial charge in [-0.3, -0.25) is 4.79 Å². The van der Waals surface area contributed by atoms with Gasteiger partial charge in [0.25, 0.3) is 5.91 Å². The molecule has 2 nitrogen and oxygen atoms in total. The van der Waals surface area contributed by atoms with E-state index in [1.165, 1.54) is 18.2 Å². The second-order valence-electron chi connectivity index (χ2n) is 4.40. The van der Waals surface area contributed by atoms with Crippen LogP contribution >= 0.6 is 23.4 Å². The van der Waals surface area contributed by atoms with E-state index in [0.29, 0.717) is 11.6 Å². The van der Waals surface area contributed by atoms with E-state index in [0.717, 1.165) is 12.8 Å². The number of rotatable bonds is 6. The van der Waals surface area contributed by atoms with Crippen molar-refractivity contribution in [3.8, 4) is 0 Å². The summed E-state index contributed by atoms with van der Waals surface area (Å²) in [5.41, 5.74) is -0.00490. The lowest BCUT2D eigenvalue weighted by atomic mass is 10.0. The molecule has 0 radical (unpaired) electrons. The summed E-state index contributed by atoms with van der Waals surface area (Å²) in [4.78, 5) is 12.0. The molecule has 0 heterocycles. The quantitative estimate of drug-likeness (QED) is 0.856. The molecule has 0 fully saturated rings. The van der Waals surface area contributed by atoms with Gasteiger partial charge in [0.1, 0.15) is 5.82 Å². The lowest BCUT2D eigenvalue weighted by molar-refractivity contribution is 0.0945. The van der Waals surface area contributed by atoms with E-state index in [4.69, 9.17) is 11.6 Å². The van der Waals surface area contributed by atoms with E-state index < -0.39 is 11.7 Å². The minimum atomic E-state index is -0.551. The predicted octanol–water partition coefficient (Wildman–Crippen LogP) is 4.13. The van der Waals surface area contributed by atoms with Crippen molar-refractivity contribution in [2.24, 2.45) is 0 Å². The van der Waals surface area contributed by atoms with E-state index in [-0.39, 0.29) is 10.3 Å². The fourth-order valence-electron chi connectivity index (χ4n) is 1.87. The molecule has 5 heteroatoms. The first kappa shape index (κ1) is 16.3. The zero-order valence-electron chi connectivity index (χ0n) is 11.4. The maximum absolute atomic E-state index is 13.6. The number of carbonyl (C=O) groups is 1. The molecule has 106 valence electrons. The third kappa shape index (κ3) is 4.11. The molecule has 0 aliphatic heterocycles. The largest absolute Gasteiger partial charge is 0.351 e. The highest BCUT2D eigenvalue weighted by atomic mass is 35.5. The fraction of sp³-hybridized carbons (Fsp3) is 0.500. The highest BCUT2D eigenvalue weighted by Gasteiger charge is 2.26. The van der Waals surface area contributed by atoms with Crippen molar-refractivity contribution < 1.29 is 9.18 Å². The van der Waals surface area contributed by atoms with Gasteiger partial charge in [-0.15, -0.1) is 0 Å². The molecule has 0 spiro atoms. The van der Waals surface area contributed by atoms with Crippen molar-refractivity contribution in [3.63, 3.8) is 0 Å². The summed E-state index contributed by atoms with van der Waals surface area (Å²) in [6, 6.07) is 3.99. The lowest BCUT2D eigenvalue weighted by Crippen LogP contribution is -2.39. The minimum absolute atomic E-state index is 0.00467. The molecule has 0 aliphatic carbocycles. The first-order chi connectivity index (χ1) is 8.98. The van der Waals surface area contributed by atoms with Crippen molar-refractivity contribution in [3.05, 3.63) is 34.6 Å². The molecule has 1 N–H and O–H groups in total. The van der Waals surface area contributed by atoms with Crippen LogP contribution in [0, 0.1) is 5.82 Å². The van der Waals surface area contributed by atoms with Crippen molar-refractivity contribution in [1.82, 2.24) is 5.32 Å². The van der Waals surface area contributed by atoms with Crippen LogP contribution in [-0.2, 0) is 0 Å². The Morgan fingerprint density at radius 1 is 1.42 bits per heavy atom. The number of thioether (sulfide) groups is 1. The molecule has 1 rings (SSSR count). The summed E-state index contributed by atoms with van der Waals surface area (Å²) in [5, 5.41) is 3.16. The summed E-state index contributed by atoms with van der Waals surface area (Å²) in [6.45, 7) is 4.70. The Morgan fingerprint density at radius 2 is 2.05 bits per heavy atom. The van der Waals surface area contributed by atoms with E-state index in [9.17, 15) is 9.18 Å². The predicted molar refractivity (Wildman–Crippen MR) is 80.6 cm³/mol. The summed E-state index contributed by atoms with van der Waals surface area (Å²) in [7, 11) is 0. The SMILES string of the molecule is CCC(CC)(CNC(=O)c1cc(Cl)ccc1F)SC. The topological polar surface area (TPSA) is 29.1 Å². The van der Waals surface area contributed by atoms with Crippen LogP contribution in [0.2, 0.25) is 5.02 Å². The number of halogens is 2. The standard InChI is InChI=1S/C14H19ClFNOS/c1-4-14(5-2,19-3)9-17-13(18)11-8-10(15)6-7-12(11)16/h6-8H,4-5,9H2,1-3H3,(H,17,18). The van der Waals surface area contributed by atoms with Gasteiger partial charge in [0.2, 0.25) is 0 Å². The molecule has 0 saturated carbocycles. The molecule has 0 saturated heterocycles. The Labute approximate surface area is 123 Å². The van der Waals surface area contributed by atoms with E-state index in [1.807, 2.05) is 6.26 Å². The van der Waals surface area contributed by atoms with Gasteiger partial charge < -0.3 is 5.32 Å². The molecule has 0 aliphatic rings. The van der Waals surface area contributed by atoms with E-state index in [1.54, 1.807) is 11.8 Å². The second-order valence-corrected chi connectivity index (χ2v) is 6.11. The van der Waals surface area contributed by atoms with Gasteiger partial charge in [0.05, 0.1) is 5.56 Å². The van der Waals surface area contributed by atoms with Crippen LogP contribution < -0.4 is 5.32 Å². The van der Waals surface area contributed by atoms with Gasteiger partial charge in [-0.25, -0.2) is 4.39 Å². The van der Waals surface area contributed by atoms with Crippen molar-refractivity contribution in [2.45, 2.75) is 31.4 Å². The molecule has 1 amide bonds. The Hall–Kier alpha value is -0.740. The maximum atomic E-state index is 13.6. The van der Waals surface area contributed by atoms with Crippen LogP contribution in [0.25, 0.3) is 0 Å². The maximum Gasteiger partial charge on any atom is 0.254 e. The third-order valence-corrected chi connectivity index (χ3v) is 5.29. The molecule has 1 aromatic rings. The van der Waals surface area contributed by atoms with Crippen LogP contribution in [0.5, 0.6) is 0 Å². The minimum Gasteiger partial charge on any atom is -0.351 e. The van der Waals surface area contributed by atoms with Crippen molar-refractivity contribution in [1.29, 1.82) is 0 Å². The fourth-order valence-corrected chi connectivity index (χ4v) is 2.83. The molecule has 0 aromatic heterocycles. The van der Waals surface area contributed by atoms with E-state index in [2.05, 4.69) is 19.2 Å². The lowest BCUT2D eigenvalue weighted by Gasteiger charge is -2.29. The van der Waals surface area contributed by atoms with Gasteiger partial charge in [-0.2, -0.15) is 11.8 Å². The Bertz CT molecular complexity index is 441. The summed E-state index contributed by atoms with van der Waals surface area (Å²) in [6.07, 6.45) is 3.92. The van der Waals surface area contributed by atoms with Crippen LogP contribution in [-0.4, -0.2) is 23.5 Å². The zero-order chi connectivity index (χ0) is 14.5. The molecule has 0 atom stereocenters. The molecule has 0 unspecified atom stereocenters. The van der Waals surface area contributed by atoms with Crippen LogP contribution in [0.3, 0.4) is 0 Å². The van der Waals surface area contributed by atoms with Crippen LogP contribution in [0.15, 0.2) is 18.2 Å². The average molecular weight is 304 g/mol. The van der Waals surface area contributed by atoms with Crippen LogP contribution in [0.4, 0.5) is 4.39 Å². The molecular weight excluding hydrogens is 285 g/mol. The van der Waals surface area contributed by atoms with Crippen molar-refractivity contribution in [2.75, 3.05) is 12.8 Å². The summed E-state index contributed by atoms with van der Waals surface area (Å²) < 4.78 is 13.6. The number of amides is 1. The smallest absolute Gasteiger partial charge is 0.254 e. The highest BCUT2D eigenvalue weighted by molar-refractivity contribution is 8.00. The summed E-state index contributed by atoms with van der Waals surface area (Å²) >= 11 is 7.51. The van der Waals surface area contributed by atoms with Crippen molar-refractivity contribution >= 4 is 29.3 Å². The van der Waals surface area contributed by atoms with E-state index >= 15 is 0 Å². The summed E-state index contributed by atoms with van der Waals surface area (Å²) in [5.74, 6) is -0.968. The monoisotopic (exact) mass is 303 g/mol. The van der Waals surface area contributed by atoms with Gasteiger partial charge in [0, 0.05) is 16.3 Å². The molecule has 19 heavy (non-hydrogen) atoms.